The average molecular weight is 372 g/mol. The molecule has 1 amide bonds. The van der Waals surface area contributed by atoms with Gasteiger partial charge in [-0.25, -0.2) is 0 Å². The summed E-state index contributed by atoms with van der Waals surface area (Å²) in [5.74, 6) is 2.17. The third-order valence-corrected chi connectivity index (χ3v) is 5.75. The Morgan fingerprint density at radius 3 is 2.89 bits per heavy atom. The Morgan fingerprint density at radius 2 is 2.19 bits per heavy atom. The molecule has 27 heavy (non-hydrogen) atoms. The second-order valence-electron chi connectivity index (χ2n) is 7.54. The molecule has 0 unspecified atom stereocenters. The molecule has 0 aromatic carbocycles. The summed E-state index contributed by atoms with van der Waals surface area (Å²) in [4.78, 5) is 19.1. The molecule has 2 aliphatic rings. The van der Waals surface area contributed by atoms with Crippen LogP contribution in [-0.2, 0) is 17.9 Å². The van der Waals surface area contributed by atoms with Gasteiger partial charge >= 0.3 is 0 Å². The van der Waals surface area contributed by atoms with Crippen molar-refractivity contribution in [3.05, 3.63) is 29.7 Å². The van der Waals surface area contributed by atoms with Crippen molar-refractivity contribution < 1.29 is 9.32 Å². The van der Waals surface area contributed by atoms with E-state index in [4.69, 9.17) is 4.52 Å². The lowest BCUT2D eigenvalue weighted by atomic mass is 9.85. The van der Waals surface area contributed by atoms with E-state index in [1.807, 2.05) is 17.7 Å². The minimum atomic E-state index is 0.0289. The van der Waals surface area contributed by atoms with Crippen molar-refractivity contribution in [3.8, 4) is 0 Å². The number of hydrogen-bond donors (Lipinski definition) is 1. The molecule has 0 radical (unpaired) electrons. The second kappa shape index (κ2) is 8.21. The minimum Gasteiger partial charge on any atom is -0.339 e. The summed E-state index contributed by atoms with van der Waals surface area (Å²) in [7, 11) is 0. The van der Waals surface area contributed by atoms with Gasteiger partial charge in [-0.1, -0.05) is 11.6 Å². The van der Waals surface area contributed by atoms with Crippen LogP contribution in [0.2, 0.25) is 0 Å². The Balaban J connectivity index is 1.39. The van der Waals surface area contributed by atoms with Crippen LogP contribution in [0.4, 0.5) is 0 Å². The molecule has 1 saturated heterocycles. The molecule has 2 aromatic heterocycles. The van der Waals surface area contributed by atoms with E-state index in [2.05, 4.69) is 20.6 Å². The maximum Gasteiger partial charge on any atom is 0.244 e. The van der Waals surface area contributed by atoms with Gasteiger partial charge in [0.1, 0.15) is 6.54 Å². The number of likely N-dealkylation sites (N-methyl/N-ethyl adjacent to an activating group) is 1. The van der Waals surface area contributed by atoms with Gasteiger partial charge in [0.05, 0.1) is 6.54 Å². The molecule has 3 heterocycles. The molecule has 0 bridgehead atoms. The van der Waals surface area contributed by atoms with Crippen molar-refractivity contribution in [1.29, 1.82) is 0 Å². The first-order valence-electron chi connectivity index (χ1n) is 10.1. The van der Waals surface area contributed by atoms with Crippen molar-refractivity contribution >= 4 is 5.91 Å². The topological polar surface area (TPSA) is 89.1 Å². The molecule has 0 spiro atoms. The molecule has 4 rings (SSSR count). The van der Waals surface area contributed by atoms with Crippen LogP contribution in [0.1, 0.15) is 68.3 Å². The number of aromatic nitrogens is 4. The van der Waals surface area contributed by atoms with Gasteiger partial charge in [-0.05, 0) is 45.2 Å². The fourth-order valence-corrected chi connectivity index (χ4v) is 3.85. The fourth-order valence-electron chi connectivity index (χ4n) is 3.85. The Morgan fingerprint density at radius 1 is 1.33 bits per heavy atom. The van der Waals surface area contributed by atoms with Crippen molar-refractivity contribution in [2.45, 2.75) is 64.0 Å². The highest BCUT2D eigenvalue weighted by molar-refractivity contribution is 5.75. The van der Waals surface area contributed by atoms with E-state index in [9.17, 15) is 4.79 Å². The highest BCUT2D eigenvalue weighted by atomic mass is 16.5. The van der Waals surface area contributed by atoms with Crippen LogP contribution >= 0.6 is 0 Å². The average Bonchev–Trinajstić information content (AvgIpc) is 3.28. The van der Waals surface area contributed by atoms with Gasteiger partial charge in [-0.15, -0.1) is 0 Å². The highest BCUT2D eigenvalue weighted by Gasteiger charge is 2.26. The molecule has 1 N–H and O–H groups in total. The Hall–Kier alpha value is -2.22. The molecule has 1 saturated carbocycles. The summed E-state index contributed by atoms with van der Waals surface area (Å²) < 4.78 is 7.22. The van der Waals surface area contributed by atoms with Crippen molar-refractivity contribution in [2.24, 2.45) is 0 Å². The molecule has 146 valence electrons. The number of rotatable bonds is 7. The number of hydrogen-bond acceptors (Lipinski definition) is 6. The Bertz CT molecular complexity index is 760. The predicted molar refractivity (Wildman–Crippen MR) is 99.1 cm³/mol. The Kier molecular flexibility index (Phi) is 5.52. The number of amides is 1. The highest BCUT2D eigenvalue weighted by Crippen LogP contribution is 2.35. The second-order valence-corrected chi connectivity index (χ2v) is 7.54. The van der Waals surface area contributed by atoms with E-state index in [0.717, 1.165) is 50.4 Å². The number of carbonyl (C=O) groups excluding carboxylic acids is 1. The summed E-state index contributed by atoms with van der Waals surface area (Å²) in [5, 5.41) is 11.9. The molecule has 2 fully saturated rings. The van der Waals surface area contributed by atoms with Gasteiger partial charge in [-0.2, -0.15) is 10.1 Å². The summed E-state index contributed by atoms with van der Waals surface area (Å²) >= 11 is 0. The SMILES string of the molecule is CCN(Cc1noc(C2CCC2)n1)C(=O)Cn1nccc1[C@@H]1CCCNC1. The molecular weight excluding hydrogens is 344 g/mol. The van der Waals surface area contributed by atoms with E-state index in [1.165, 1.54) is 6.42 Å². The maximum atomic E-state index is 12.9. The quantitative estimate of drug-likeness (QED) is 0.800. The van der Waals surface area contributed by atoms with E-state index < -0.39 is 0 Å². The molecular formula is C19H28N6O2. The normalized spacial score (nSPS) is 20.4. The first-order valence-corrected chi connectivity index (χ1v) is 10.1. The number of nitrogens with zero attached hydrogens (tertiary/aromatic N) is 5. The van der Waals surface area contributed by atoms with Gasteiger partial charge in [0, 0.05) is 36.8 Å². The lowest BCUT2D eigenvalue weighted by Gasteiger charge is -2.24. The summed E-state index contributed by atoms with van der Waals surface area (Å²) in [6.07, 6.45) is 7.55. The van der Waals surface area contributed by atoms with Crippen molar-refractivity contribution in [1.82, 2.24) is 30.1 Å². The monoisotopic (exact) mass is 372 g/mol. The Labute approximate surface area is 159 Å². The van der Waals surface area contributed by atoms with Gasteiger partial charge in [0.15, 0.2) is 5.82 Å². The van der Waals surface area contributed by atoms with E-state index >= 15 is 0 Å². The van der Waals surface area contributed by atoms with Gasteiger partial charge in [0.25, 0.3) is 0 Å². The molecule has 1 aliphatic heterocycles. The minimum absolute atomic E-state index is 0.0289. The van der Waals surface area contributed by atoms with Crippen molar-refractivity contribution in [3.63, 3.8) is 0 Å². The number of nitrogens with one attached hydrogen (secondary N) is 1. The standard InChI is InChI=1S/C19H28N6O2/c1-2-24(12-17-22-19(27-23-17)14-5-3-6-14)18(26)13-25-16(8-10-21-25)15-7-4-9-20-11-15/h8,10,14-15,20H,2-7,9,11-13H2,1H3/t15-/m1/s1. The lowest BCUT2D eigenvalue weighted by Crippen LogP contribution is -2.35. The van der Waals surface area contributed by atoms with Gasteiger partial charge < -0.3 is 14.7 Å². The van der Waals surface area contributed by atoms with Gasteiger partial charge in [0.2, 0.25) is 11.8 Å². The number of carbonyl (C=O) groups is 1. The third kappa shape index (κ3) is 4.05. The maximum absolute atomic E-state index is 12.9. The summed E-state index contributed by atoms with van der Waals surface area (Å²) in [6.45, 7) is 5.23. The fraction of sp³-hybridized carbons (Fsp3) is 0.684. The zero-order chi connectivity index (χ0) is 18.6. The smallest absolute Gasteiger partial charge is 0.244 e. The number of piperidine rings is 1. The van der Waals surface area contributed by atoms with Gasteiger partial charge in [-0.3, -0.25) is 9.48 Å². The molecule has 8 nitrogen and oxygen atoms in total. The molecule has 1 aliphatic carbocycles. The third-order valence-electron chi connectivity index (χ3n) is 5.75. The van der Waals surface area contributed by atoms with Crippen LogP contribution < -0.4 is 5.32 Å². The predicted octanol–water partition coefficient (Wildman–Crippen LogP) is 2.05. The van der Waals surface area contributed by atoms with Crippen LogP contribution in [0.25, 0.3) is 0 Å². The molecule has 8 heteroatoms. The summed E-state index contributed by atoms with van der Waals surface area (Å²) in [5.41, 5.74) is 1.14. The van der Waals surface area contributed by atoms with E-state index in [1.54, 1.807) is 11.1 Å². The largest absolute Gasteiger partial charge is 0.339 e. The molecule has 1 atom stereocenters. The van der Waals surface area contributed by atoms with E-state index in [-0.39, 0.29) is 12.5 Å². The van der Waals surface area contributed by atoms with Crippen LogP contribution in [0.5, 0.6) is 0 Å². The van der Waals surface area contributed by atoms with E-state index in [0.29, 0.717) is 30.7 Å². The first-order chi connectivity index (χ1) is 13.2. The van der Waals surface area contributed by atoms with Crippen molar-refractivity contribution in [2.75, 3.05) is 19.6 Å². The van der Waals surface area contributed by atoms with Crippen LogP contribution in [0.15, 0.2) is 16.8 Å². The first kappa shape index (κ1) is 18.2. The van der Waals surface area contributed by atoms with Crippen LogP contribution in [0, 0.1) is 0 Å². The zero-order valence-corrected chi connectivity index (χ0v) is 15.9. The van der Waals surface area contributed by atoms with Crippen LogP contribution in [-0.4, -0.2) is 50.4 Å². The summed E-state index contributed by atoms with van der Waals surface area (Å²) in [6, 6.07) is 2.03. The lowest BCUT2D eigenvalue weighted by molar-refractivity contribution is -0.132. The zero-order valence-electron chi connectivity index (χ0n) is 15.9. The molecule has 2 aromatic rings. The van der Waals surface area contributed by atoms with Crippen LogP contribution in [0.3, 0.4) is 0 Å².